The smallest absolute Gasteiger partial charge is 0.153 e. The Morgan fingerprint density at radius 1 is 0.523 bits per heavy atom. The molecule has 3 heterocycles. The summed E-state index contributed by atoms with van der Waals surface area (Å²) in [6, 6.07) is 0. The van der Waals surface area contributed by atoms with Gasteiger partial charge < -0.3 is 0 Å². The van der Waals surface area contributed by atoms with Crippen molar-refractivity contribution in [2.45, 2.75) is 156 Å². The number of nitrogens with one attached hydrogen (secondary N) is 3. The SMILES string of the molecule is CCCCCC(CC)c1c[nH][c]([Cr]([Cl])([Cl])([Cl])([c]2nc(C(CC)CCCCC)c[nH]2)[c]2nc(C(CC)CCCCC)c[nH]2)n1.P. The summed E-state index contributed by atoms with van der Waals surface area (Å²) in [6.07, 6.45) is 22.6. The number of nitrogens with zero attached hydrogens (tertiary/aromatic N) is 3. The predicted octanol–water partition coefficient (Wildman–Crippen LogP) is 10.1. The van der Waals surface area contributed by atoms with E-state index in [2.05, 4.69) is 56.5 Å². The van der Waals surface area contributed by atoms with E-state index in [9.17, 15) is 0 Å². The number of hydrogen-bond acceptors (Lipinski definition) is 3. The van der Waals surface area contributed by atoms with E-state index in [1.165, 1.54) is 38.5 Å². The molecule has 0 aromatic carbocycles. The molecule has 0 aliphatic heterocycles. The molecule has 3 N–H and O–H groups in total. The number of imidazole rings is 3. The second-order valence-corrected chi connectivity index (χ2v) is 29.3. The summed E-state index contributed by atoms with van der Waals surface area (Å²) in [7, 11) is 17.7. The van der Waals surface area contributed by atoms with E-state index in [1.54, 1.807) is 0 Å². The molecule has 0 aliphatic carbocycles. The van der Waals surface area contributed by atoms with Crippen LogP contribution in [0.4, 0.5) is 0 Å². The van der Waals surface area contributed by atoms with E-state index in [4.69, 9.17) is 45.1 Å². The van der Waals surface area contributed by atoms with Crippen LogP contribution in [0.2, 0.25) is 0 Å². The van der Waals surface area contributed by atoms with Gasteiger partial charge in [-0.3, -0.25) is 0 Å². The minimum absolute atomic E-state index is 0. The molecular formula is C33H60Cl3CrN6P. The van der Waals surface area contributed by atoms with Crippen LogP contribution in [-0.2, 0) is 8.17 Å². The zero-order valence-corrected chi connectivity index (χ0v) is 33.1. The van der Waals surface area contributed by atoms with Crippen LogP contribution in [0.25, 0.3) is 0 Å². The average Bonchev–Trinajstić information content (AvgIpc) is 3.78. The largest absolute Gasteiger partial charge is 0.153 e. The number of rotatable bonds is 21. The van der Waals surface area contributed by atoms with Gasteiger partial charge in [0.1, 0.15) is 0 Å². The molecule has 0 bridgehead atoms. The van der Waals surface area contributed by atoms with E-state index in [0.717, 1.165) is 74.9 Å². The van der Waals surface area contributed by atoms with E-state index < -0.39 is 8.17 Å². The Morgan fingerprint density at radius 3 is 1.02 bits per heavy atom. The van der Waals surface area contributed by atoms with Gasteiger partial charge in [-0.2, -0.15) is 9.90 Å². The quantitative estimate of drug-likeness (QED) is 0.0754. The van der Waals surface area contributed by atoms with Crippen LogP contribution in [0, 0.1) is 0 Å². The Hall–Kier alpha value is -0.538. The van der Waals surface area contributed by atoms with Gasteiger partial charge in [-0.05, 0) is 0 Å². The monoisotopic (exact) mass is 728 g/mol. The van der Waals surface area contributed by atoms with Gasteiger partial charge in [-0.1, -0.05) is 0 Å². The van der Waals surface area contributed by atoms with Crippen LogP contribution < -0.4 is 14.1 Å². The molecule has 3 rings (SSSR count). The van der Waals surface area contributed by atoms with E-state index >= 15 is 0 Å². The van der Waals surface area contributed by atoms with Crippen molar-refractivity contribution in [1.82, 2.24) is 29.9 Å². The van der Waals surface area contributed by atoms with Crippen molar-refractivity contribution < 1.29 is 8.17 Å². The summed E-state index contributed by atoms with van der Waals surface area (Å²) in [5.41, 5.74) is 2.82. The molecule has 4 atom stereocenters. The van der Waals surface area contributed by atoms with Gasteiger partial charge >= 0.3 is 274 Å². The number of halogens is 3. The molecule has 0 amide bonds. The van der Waals surface area contributed by atoms with Crippen molar-refractivity contribution in [3.05, 3.63) is 35.7 Å². The first kappa shape index (κ1) is 39.6. The van der Waals surface area contributed by atoms with Gasteiger partial charge in [0.2, 0.25) is 0 Å². The van der Waals surface area contributed by atoms with Gasteiger partial charge in [0.05, 0.1) is 0 Å². The topological polar surface area (TPSA) is 86.0 Å². The van der Waals surface area contributed by atoms with Gasteiger partial charge in [-0.25, -0.2) is 0 Å². The predicted molar refractivity (Wildman–Crippen MR) is 195 cm³/mol. The molecule has 254 valence electrons. The summed E-state index contributed by atoms with van der Waals surface area (Å²) >= 11 is 0. The first-order valence-electron chi connectivity index (χ1n) is 17.0. The van der Waals surface area contributed by atoms with Gasteiger partial charge in [0, 0.05) is 0 Å². The second-order valence-electron chi connectivity index (χ2n) is 12.4. The minimum atomic E-state index is -5.97. The fourth-order valence-corrected chi connectivity index (χ4v) is 12.8. The molecule has 0 radical (unpaired) electrons. The molecule has 11 heteroatoms. The number of hydrogen-bond donors (Lipinski definition) is 3. The Kier molecular flexibility index (Phi) is 15.3. The third-order valence-electron chi connectivity index (χ3n) is 9.16. The summed E-state index contributed by atoms with van der Waals surface area (Å²) in [4.78, 5) is 25.4. The number of unbranched alkanes of at least 4 members (excludes halogenated alkanes) is 6. The third kappa shape index (κ3) is 8.48. The first-order valence-corrected chi connectivity index (χ1v) is 24.1. The van der Waals surface area contributed by atoms with Crippen molar-refractivity contribution in [3.63, 3.8) is 0 Å². The first-order chi connectivity index (χ1) is 20.5. The van der Waals surface area contributed by atoms with E-state index in [1.807, 2.05) is 18.6 Å². The molecule has 0 spiro atoms. The maximum absolute atomic E-state index is 7.91. The molecular weight excluding hydrogens is 670 g/mol. The minimum Gasteiger partial charge on any atom is -0.153 e. The van der Waals surface area contributed by atoms with Crippen LogP contribution in [0.3, 0.4) is 0 Å². The molecule has 0 aliphatic rings. The van der Waals surface area contributed by atoms with Gasteiger partial charge in [-0.15, -0.1) is 0 Å². The van der Waals surface area contributed by atoms with E-state index in [-0.39, 0.29) is 9.90 Å². The van der Waals surface area contributed by atoms with Crippen molar-refractivity contribution in [2.75, 3.05) is 0 Å². The number of H-pyrrole nitrogens is 3. The van der Waals surface area contributed by atoms with Crippen LogP contribution in [0.5, 0.6) is 0 Å². The number of aromatic nitrogens is 6. The van der Waals surface area contributed by atoms with Gasteiger partial charge in [0.25, 0.3) is 0 Å². The molecule has 0 fully saturated rings. The molecule has 0 saturated carbocycles. The normalized spacial score (nSPS) is 15.8. The molecule has 0 saturated heterocycles. The van der Waals surface area contributed by atoms with Crippen LogP contribution in [0.15, 0.2) is 18.6 Å². The van der Waals surface area contributed by atoms with Gasteiger partial charge in [0.15, 0.2) is 0 Å². The summed E-state index contributed by atoms with van der Waals surface area (Å²) in [5.74, 6) is 0.881. The molecule has 6 nitrogen and oxygen atoms in total. The summed E-state index contributed by atoms with van der Waals surface area (Å²) < 4.78 is 1.05. The average molecular weight is 730 g/mol. The fourth-order valence-electron chi connectivity index (χ4n) is 6.13. The van der Waals surface area contributed by atoms with E-state index in [0.29, 0.717) is 31.8 Å². The Labute approximate surface area is 282 Å². The fraction of sp³-hybridized carbons (Fsp3) is 0.727. The second kappa shape index (κ2) is 17.0. The maximum atomic E-state index is 7.91. The Bertz CT molecular complexity index is 1110. The summed E-state index contributed by atoms with van der Waals surface area (Å²) in [6.45, 7) is 13.3. The van der Waals surface area contributed by atoms with Crippen molar-refractivity contribution in [3.8, 4) is 0 Å². The van der Waals surface area contributed by atoms with Crippen molar-refractivity contribution in [2.24, 2.45) is 0 Å². The standard InChI is InChI=1S/3C11H19N2.3ClH.Cr.H3P/c3*1-3-5-6-7-10(4-2)11-8-12-9-13-11;;;;;/h3*8,10H,3-7H2,1-2H3,(H,12,13);3*1H;;1H3/q;;;;;;+3;/p-3. The van der Waals surface area contributed by atoms with Crippen LogP contribution >= 0.6 is 40.0 Å². The Balaban J connectivity index is 0.00000675. The maximum Gasteiger partial charge on any atom is -0.153 e. The molecule has 4 unspecified atom stereocenters. The van der Waals surface area contributed by atoms with Crippen molar-refractivity contribution >= 4 is 54.1 Å². The Morgan fingerprint density at radius 2 is 0.795 bits per heavy atom. The van der Waals surface area contributed by atoms with Crippen molar-refractivity contribution in [1.29, 1.82) is 0 Å². The van der Waals surface area contributed by atoms with Crippen LogP contribution in [-0.4, -0.2) is 29.9 Å². The summed E-state index contributed by atoms with van der Waals surface area (Å²) in [5, 5.41) is 0. The zero-order chi connectivity index (χ0) is 31.6. The number of aromatic amines is 3. The zero-order valence-electron chi connectivity index (χ0n) is 28.2. The molecule has 3 aromatic rings. The third-order valence-corrected chi connectivity index (χ3v) is 19.4. The van der Waals surface area contributed by atoms with Crippen LogP contribution in [0.1, 0.15) is 173 Å². The molecule has 44 heavy (non-hydrogen) atoms. The molecule has 3 aromatic heterocycles.